The van der Waals surface area contributed by atoms with Crippen molar-refractivity contribution >= 4 is 17.5 Å². The summed E-state index contributed by atoms with van der Waals surface area (Å²) < 4.78 is 5.34. The number of aryl methyl sites for hydroxylation is 2. The number of ether oxygens (including phenoxy) is 1. The number of hydrogen-bond acceptors (Lipinski definition) is 3. The van der Waals surface area contributed by atoms with Crippen LogP contribution < -0.4 is 5.32 Å². The normalized spacial score (nSPS) is 19.9. The second kappa shape index (κ2) is 7.79. The second-order valence-electron chi connectivity index (χ2n) is 6.72. The van der Waals surface area contributed by atoms with E-state index < -0.39 is 0 Å². The molecule has 130 valence electrons. The van der Waals surface area contributed by atoms with E-state index in [1.165, 1.54) is 17.5 Å². The molecular weight excluding hydrogens is 304 g/mol. The monoisotopic (exact) mass is 330 g/mol. The Balaban J connectivity index is 1.46. The number of carbonyl (C=O) groups excluding carboxylic acids is 2. The van der Waals surface area contributed by atoms with Crippen molar-refractivity contribution in [2.45, 2.75) is 51.0 Å². The van der Waals surface area contributed by atoms with Crippen LogP contribution in [-0.4, -0.2) is 43.0 Å². The van der Waals surface area contributed by atoms with Crippen LogP contribution in [0.1, 0.15) is 43.2 Å². The minimum atomic E-state index is -0.0957. The zero-order chi connectivity index (χ0) is 16.9. The molecule has 1 aromatic carbocycles. The number of fused-ring (bicyclic) bond motifs is 1. The van der Waals surface area contributed by atoms with Crippen molar-refractivity contribution in [3.8, 4) is 0 Å². The van der Waals surface area contributed by atoms with Gasteiger partial charge in [-0.25, -0.2) is 0 Å². The van der Waals surface area contributed by atoms with Crippen molar-refractivity contribution in [3.63, 3.8) is 0 Å². The number of benzene rings is 1. The molecule has 1 fully saturated rings. The van der Waals surface area contributed by atoms with Gasteiger partial charge in [-0.05, 0) is 55.4 Å². The molecule has 0 saturated carbocycles. The highest BCUT2D eigenvalue weighted by molar-refractivity contribution is 5.93. The summed E-state index contributed by atoms with van der Waals surface area (Å²) in [5, 5.41) is 2.92. The molecule has 1 heterocycles. The van der Waals surface area contributed by atoms with E-state index in [0.29, 0.717) is 6.54 Å². The third-order valence-electron chi connectivity index (χ3n) is 5.01. The predicted octanol–water partition coefficient (Wildman–Crippen LogP) is 2.53. The molecule has 5 heteroatoms. The Kier molecular flexibility index (Phi) is 5.51. The van der Waals surface area contributed by atoms with E-state index in [1.807, 2.05) is 11.0 Å². The number of carbonyl (C=O) groups is 2. The molecule has 1 N–H and O–H groups in total. The van der Waals surface area contributed by atoms with Crippen LogP contribution in [0, 0.1) is 0 Å². The van der Waals surface area contributed by atoms with Crippen LogP contribution >= 0.6 is 0 Å². The SMILES string of the molecule is COC1CCCN(C(=O)CCC(=O)Nc2ccc3c(c2)CCC3)C1. The van der Waals surface area contributed by atoms with Crippen LogP contribution in [0.15, 0.2) is 18.2 Å². The summed E-state index contributed by atoms with van der Waals surface area (Å²) >= 11 is 0. The van der Waals surface area contributed by atoms with Crippen molar-refractivity contribution in [2.75, 3.05) is 25.5 Å². The first-order valence-electron chi connectivity index (χ1n) is 8.88. The molecule has 0 spiro atoms. The summed E-state index contributed by atoms with van der Waals surface area (Å²) in [6, 6.07) is 6.12. The van der Waals surface area contributed by atoms with Gasteiger partial charge in [0.2, 0.25) is 11.8 Å². The summed E-state index contributed by atoms with van der Waals surface area (Å²) in [5.41, 5.74) is 3.56. The lowest BCUT2D eigenvalue weighted by molar-refractivity contribution is -0.136. The van der Waals surface area contributed by atoms with E-state index in [4.69, 9.17) is 4.74 Å². The predicted molar refractivity (Wildman–Crippen MR) is 92.9 cm³/mol. The van der Waals surface area contributed by atoms with E-state index in [1.54, 1.807) is 7.11 Å². The van der Waals surface area contributed by atoms with Crippen molar-refractivity contribution in [3.05, 3.63) is 29.3 Å². The molecule has 5 nitrogen and oxygen atoms in total. The quantitative estimate of drug-likeness (QED) is 0.902. The molecule has 1 aliphatic carbocycles. The summed E-state index contributed by atoms with van der Waals surface area (Å²) in [6.45, 7) is 1.41. The number of nitrogens with zero attached hydrogens (tertiary/aromatic N) is 1. The van der Waals surface area contributed by atoms with Gasteiger partial charge >= 0.3 is 0 Å². The van der Waals surface area contributed by atoms with Gasteiger partial charge in [-0.15, -0.1) is 0 Å². The van der Waals surface area contributed by atoms with E-state index >= 15 is 0 Å². The van der Waals surface area contributed by atoms with Crippen LogP contribution in [0.3, 0.4) is 0 Å². The van der Waals surface area contributed by atoms with Gasteiger partial charge in [0.05, 0.1) is 6.10 Å². The Morgan fingerprint density at radius 1 is 1.21 bits per heavy atom. The molecular formula is C19H26N2O3. The number of piperidine rings is 1. The average Bonchev–Trinajstić information content (AvgIpc) is 3.07. The Morgan fingerprint density at radius 3 is 2.88 bits per heavy atom. The van der Waals surface area contributed by atoms with Gasteiger partial charge in [0.1, 0.15) is 0 Å². The van der Waals surface area contributed by atoms with Gasteiger partial charge in [-0.3, -0.25) is 9.59 Å². The highest BCUT2D eigenvalue weighted by atomic mass is 16.5. The largest absolute Gasteiger partial charge is 0.380 e. The Hall–Kier alpha value is -1.88. The van der Waals surface area contributed by atoms with Crippen LogP contribution in [0.4, 0.5) is 5.69 Å². The van der Waals surface area contributed by atoms with E-state index in [0.717, 1.165) is 37.9 Å². The molecule has 1 unspecified atom stereocenters. The number of methoxy groups -OCH3 is 1. The highest BCUT2D eigenvalue weighted by Crippen LogP contribution is 2.25. The summed E-state index contributed by atoms with van der Waals surface area (Å²) in [7, 11) is 1.68. The molecule has 1 saturated heterocycles. The third kappa shape index (κ3) is 4.15. The van der Waals surface area contributed by atoms with Gasteiger partial charge in [0.15, 0.2) is 0 Å². The van der Waals surface area contributed by atoms with Crippen molar-refractivity contribution < 1.29 is 14.3 Å². The van der Waals surface area contributed by atoms with E-state index in [9.17, 15) is 9.59 Å². The van der Waals surface area contributed by atoms with Gasteiger partial charge in [0, 0.05) is 38.7 Å². The Morgan fingerprint density at radius 2 is 2.04 bits per heavy atom. The van der Waals surface area contributed by atoms with Crippen LogP contribution in [0.2, 0.25) is 0 Å². The molecule has 24 heavy (non-hydrogen) atoms. The number of likely N-dealkylation sites (tertiary alicyclic amines) is 1. The number of nitrogens with one attached hydrogen (secondary N) is 1. The van der Waals surface area contributed by atoms with Crippen molar-refractivity contribution in [1.82, 2.24) is 4.90 Å². The zero-order valence-electron chi connectivity index (χ0n) is 14.3. The first-order valence-corrected chi connectivity index (χ1v) is 8.88. The highest BCUT2D eigenvalue weighted by Gasteiger charge is 2.23. The van der Waals surface area contributed by atoms with Gasteiger partial charge < -0.3 is 15.0 Å². The Labute approximate surface area is 143 Å². The first-order chi connectivity index (χ1) is 11.7. The number of rotatable bonds is 5. The van der Waals surface area contributed by atoms with E-state index in [2.05, 4.69) is 17.4 Å². The fourth-order valence-corrected chi connectivity index (χ4v) is 3.61. The smallest absolute Gasteiger partial charge is 0.224 e. The van der Waals surface area contributed by atoms with Crippen LogP contribution in [0.25, 0.3) is 0 Å². The average molecular weight is 330 g/mol. The Bertz CT molecular complexity index is 615. The van der Waals surface area contributed by atoms with E-state index in [-0.39, 0.29) is 30.8 Å². The summed E-state index contributed by atoms with van der Waals surface area (Å²) in [5.74, 6) is -0.0533. The lowest BCUT2D eigenvalue weighted by Crippen LogP contribution is -2.43. The van der Waals surface area contributed by atoms with Crippen molar-refractivity contribution in [1.29, 1.82) is 0 Å². The maximum atomic E-state index is 12.3. The van der Waals surface area contributed by atoms with Gasteiger partial charge in [-0.2, -0.15) is 0 Å². The standard InChI is InChI=1S/C19H26N2O3/c1-24-17-6-3-11-21(13-17)19(23)10-9-18(22)20-16-8-7-14-4-2-5-15(14)12-16/h7-8,12,17H,2-6,9-11,13H2,1H3,(H,20,22). The minimum absolute atomic E-state index is 0.0425. The fourth-order valence-electron chi connectivity index (χ4n) is 3.61. The van der Waals surface area contributed by atoms with Crippen LogP contribution in [0.5, 0.6) is 0 Å². The zero-order valence-corrected chi connectivity index (χ0v) is 14.3. The molecule has 3 rings (SSSR count). The van der Waals surface area contributed by atoms with Crippen LogP contribution in [-0.2, 0) is 27.2 Å². The molecule has 1 aliphatic heterocycles. The molecule has 2 aliphatic rings. The maximum Gasteiger partial charge on any atom is 0.224 e. The number of hydrogen-bond donors (Lipinski definition) is 1. The summed E-state index contributed by atoms with van der Waals surface area (Å²) in [6.07, 6.45) is 5.99. The van der Waals surface area contributed by atoms with Gasteiger partial charge in [0.25, 0.3) is 0 Å². The summed E-state index contributed by atoms with van der Waals surface area (Å²) in [4.78, 5) is 26.2. The van der Waals surface area contributed by atoms with Crippen molar-refractivity contribution in [2.24, 2.45) is 0 Å². The topological polar surface area (TPSA) is 58.6 Å². The minimum Gasteiger partial charge on any atom is -0.380 e. The molecule has 2 amide bonds. The second-order valence-corrected chi connectivity index (χ2v) is 6.72. The molecule has 1 atom stereocenters. The van der Waals surface area contributed by atoms with Gasteiger partial charge in [-0.1, -0.05) is 6.07 Å². The maximum absolute atomic E-state index is 12.3. The third-order valence-corrected chi connectivity index (χ3v) is 5.01. The lowest BCUT2D eigenvalue weighted by atomic mass is 10.1. The molecule has 1 aromatic rings. The molecule has 0 aromatic heterocycles. The molecule has 0 radical (unpaired) electrons. The lowest BCUT2D eigenvalue weighted by Gasteiger charge is -2.32. The molecule has 0 bridgehead atoms. The number of amides is 2. The fraction of sp³-hybridized carbons (Fsp3) is 0.579. The first kappa shape index (κ1) is 17.0. The number of anilines is 1.